The van der Waals surface area contributed by atoms with E-state index < -0.39 is 24.2 Å². The SMILES string of the molecule is C[C@H](N)C(=O)O[C@@H](C)[C@H](Oc1ccc(Cl)cc1Cl)c1ccccc1. The molecule has 0 unspecified atom stereocenters. The van der Waals surface area contributed by atoms with Crippen LogP contribution in [0.15, 0.2) is 48.5 Å². The van der Waals surface area contributed by atoms with E-state index in [0.717, 1.165) is 5.56 Å². The van der Waals surface area contributed by atoms with Crippen molar-refractivity contribution in [3.05, 3.63) is 64.1 Å². The molecule has 0 radical (unpaired) electrons. The average molecular weight is 368 g/mol. The van der Waals surface area contributed by atoms with Gasteiger partial charge >= 0.3 is 5.97 Å². The molecule has 0 saturated heterocycles. The fourth-order valence-electron chi connectivity index (χ4n) is 2.14. The zero-order valence-electron chi connectivity index (χ0n) is 13.4. The summed E-state index contributed by atoms with van der Waals surface area (Å²) >= 11 is 12.1. The lowest BCUT2D eigenvalue weighted by Crippen LogP contribution is -2.34. The Labute approximate surface area is 151 Å². The molecule has 6 heteroatoms. The Hall–Kier alpha value is -1.75. The van der Waals surface area contributed by atoms with Crippen LogP contribution in [0.5, 0.6) is 5.75 Å². The van der Waals surface area contributed by atoms with E-state index in [-0.39, 0.29) is 0 Å². The molecule has 2 aromatic rings. The fourth-order valence-corrected chi connectivity index (χ4v) is 2.59. The summed E-state index contributed by atoms with van der Waals surface area (Å²) in [6.45, 7) is 3.32. The summed E-state index contributed by atoms with van der Waals surface area (Å²) in [5, 5.41) is 0.897. The van der Waals surface area contributed by atoms with Crippen molar-refractivity contribution in [2.24, 2.45) is 5.73 Å². The van der Waals surface area contributed by atoms with Crippen LogP contribution in [0, 0.1) is 0 Å². The second kappa shape index (κ2) is 8.38. The van der Waals surface area contributed by atoms with Gasteiger partial charge in [0.05, 0.1) is 5.02 Å². The van der Waals surface area contributed by atoms with E-state index in [0.29, 0.717) is 15.8 Å². The maximum absolute atomic E-state index is 11.8. The molecular formula is C18H19Cl2NO3. The van der Waals surface area contributed by atoms with Crippen LogP contribution in [0.2, 0.25) is 10.0 Å². The summed E-state index contributed by atoms with van der Waals surface area (Å²) in [5.74, 6) is -0.0344. The number of rotatable bonds is 6. The highest BCUT2D eigenvalue weighted by Gasteiger charge is 2.26. The molecule has 2 N–H and O–H groups in total. The van der Waals surface area contributed by atoms with Gasteiger partial charge in [-0.25, -0.2) is 0 Å². The molecule has 0 heterocycles. The first-order valence-corrected chi connectivity index (χ1v) is 8.27. The molecule has 0 aliphatic rings. The van der Waals surface area contributed by atoms with Gasteiger partial charge < -0.3 is 15.2 Å². The van der Waals surface area contributed by atoms with Crippen molar-refractivity contribution in [2.75, 3.05) is 0 Å². The number of halogens is 2. The number of carbonyl (C=O) groups is 1. The highest BCUT2D eigenvalue weighted by molar-refractivity contribution is 6.35. The summed E-state index contributed by atoms with van der Waals surface area (Å²) in [6.07, 6.45) is -1.09. The van der Waals surface area contributed by atoms with Crippen molar-refractivity contribution in [1.29, 1.82) is 0 Å². The Morgan fingerprint density at radius 3 is 2.33 bits per heavy atom. The van der Waals surface area contributed by atoms with Gasteiger partial charge in [-0.1, -0.05) is 53.5 Å². The monoisotopic (exact) mass is 367 g/mol. The second-order valence-electron chi connectivity index (χ2n) is 5.45. The van der Waals surface area contributed by atoms with Gasteiger partial charge in [-0.3, -0.25) is 4.79 Å². The highest BCUT2D eigenvalue weighted by atomic mass is 35.5. The summed E-state index contributed by atoms with van der Waals surface area (Å²) in [7, 11) is 0. The smallest absolute Gasteiger partial charge is 0.323 e. The molecule has 0 aliphatic carbocycles. The lowest BCUT2D eigenvalue weighted by atomic mass is 10.0. The first kappa shape index (κ1) is 18.6. The minimum absolute atomic E-state index is 0.383. The average Bonchev–Trinajstić information content (AvgIpc) is 2.54. The summed E-state index contributed by atoms with van der Waals surface area (Å²) in [5.41, 5.74) is 6.42. The number of ether oxygens (including phenoxy) is 2. The second-order valence-corrected chi connectivity index (χ2v) is 6.30. The predicted octanol–water partition coefficient (Wildman–Crippen LogP) is 4.39. The van der Waals surface area contributed by atoms with E-state index in [2.05, 4.69) is 0 Å². The van der Waals surface area contributed by atoms with Gasteiger partial charge in [0.15, 0.2) is 6.10 Å². The number of benzene rings is 2. The Morgan fingerprint density at radius 1 is 1.08 bits per heavy atom. The molecule has 2 rings (SSSR count). The van der Waals surface area contributed by atoms with Crippen molar-refractivity contribution in [1.82, 2.24) is 0 Å². The third-order valence-electron chi connectivity index (χ3n) is 3.38. The number of nitrogens with two attached hydrogens (primary N) is 1. The topological polar surface area (TPSA) is 61.6 Å². The Bertz CT molecular complexity index is 692. The molecule has 0 aromatic heterocycles. The van der Waals surface area contributed by atoms with Crippen LogP contribution in [0.1, 0.15) is 25.5 Å². The molecule has 0 saturated carbocycles. The normalized spacial score (nSPS) is 14.5. The third-order valence-corrected chi connectivity index (χ3v) is 3.91. The Morgan fingerprint density at radius 2 is 1.75 bits per heavy atom. The van der Waals surface area contributed by atoms with Crippen LogP contribution in [0.4, 0.5) is 0 Å². The minimum Gasteiger partial charge on any atom is -0.480 e. The fraction of sp³-hybridized carbons (Fsp3) is 0.278. The van der Waals surface area contributed by atoms with Gasteiger partial charge in [0.1, 0.15) is 17.9 Å². The molecule has 4 nitrogen and oxygen atoms in total. The number of hydrogen-bond donors (Lipinski definition) is 1. The number of hydrogen-bond acceptors (Lipinski definition) is 4. The lowest BCUT2D eigenvalue weighted by molar-refractivity contribution is -0.154. The number of carbonyl (C=O) groups excluding carboxylic acids is 1. The zero-order valence-corrected chi connectivity index (χ0v) is 14.9. The van der Waals surface area contributed by atoms with Gasteiger partial charge in [-0.15, -0.1) is 0 Å². The van der Waals surface area contributed by atoms with Gasteiger partial charge in [0.2, 0.25) is 0 Å². The molecule has 24 heavy (non-hydrogen) atoms. The standard InChI is InChI=1S/C18H19Cl2NO3/c1-11(21)18(22)23-12(2)17(13-6-4-3-5-7-13)24-16-9-8-14(19)10-15(16)20/h3-12,17H,21H2,1-2H3/t11-,12-,17-/m0/s1. The van der Waals surface area contributed by atoms with E-state index in [9.17, 15) is 4.79 Å². The molecule has 0 spiro atoms. The first-order chi connectivity index (χ1) is 11.4. The summed E-state index contributed by atoms with van der Waals surface area (Å²) in [6, 6.07) is 13.7. The van der Waals surface area contributed by atoms with Crippen LogP contribution in [-0.2, 0) is 9.53 Å². The number of esters is 1. The van der Waals surface area contributed by atoms with Crippen molar-refractivity contribution >= 4 is 29.2 Å². The molecule has 0 fully saturated rings. The van der Waals surface area contributed by atoms with Crippen molar-refractivity contribution < 1.29 is 14.3 Å². The van der Waals surface area contributed by atoms with E-state index in [1.807, 2.05) is 30.3 Å². The van der Waals surface area contributed by atoms with Crippen LogP contribution in [-0.4, -0.2) is 18.1 Å². The van der Waals surface area contributed by atoms with Crippen molar-refractivity contribution in [2.45, 2.75) is 32.1 Å². The van der Waals surface area contributed by atoms with Crippen LogP contribution >= 0.6 is 23.2 Å². The molecule has 0 aliphatic heterocycles. The van der Waals surface area contributed by atoms with Gasteiger partial charge in [-0.2, -0.15) is 0 Å². The van der Waals surface area contributed by atoms with Crippen molar-refractivity contribution in [3.63, 3.8) is 0 Å². The lowest BCUT2D eigenvalue weighted by Gasteiger charge is -2.26. The third kappa shape index (κ3) is 4.87. The first-order valence-electron chi connectivity index (χ1n) is 7.51. The van der Waals surface area contributed by atoms with E-state index >= 15 is 0 Å². The van der Waals surface area contributed by atoms with Crippen LogP contribution in [0.25, 0.3) is 0 Å². The van der Waals surface area contributed by atoms with E-state index in [1.165, 1.54) is 0 Å². The van der Waals surface area contributed by atoms with Crippen LogP contribution < -0.4 is 10.5 Å². The molecule has 2 aromatic carbocycles. The van der Waals surface area contributed by atoms with Gasteiger partial charge in [0.25, 0.3) is 0 Å². The Kier molecular flexibility index (Phi) is 6.49. The summed E-state index contributed by atoms with van der Waals surface area (Å²) in [4.78, 5) is 11.8. The zero-order chi connectivity index (χ0) is 17.7. The minimum atomic E-state index is -0.706. The molecule has 128 valence electrons. The largest absolute Gasteiger partial charge is 0.480 e. The highest BCUT2D eigenvalue weighted by Crippen LogP contribution is 2.33. The van der Waals surface area contributed by atoms with Crippen molar-refractivity contribution in [3.8, 4) is 5.75 Å². The van der Waals surface area contributed by atoms with Gasteiger partial charge in [0, 0.05) is 5.02 Å². The Balaban J connectivity index is 2.28. The van der Waals surface area contributed by atoms with E-state index in [4.69, 9.17) is 38.4 Å². The molecule has 0 amide bonds. The van der Waals surface area contributed by atoms with Gasteiger partial charge in [-0.05, 0) is 37.6 Å². The molecule has 3 atom stereocenters. The predicted molar refractivity (Wildman–Crippen MR) is 95.5 cm³/mol. The van der Waals surface area contributed by atoms with E-state index in [1.54, 1.807) is 32.0 Å². The van der Waals surface area contributed by atoms with Crippen LogP contribution in [0.3, 0.4) is 0 Å². The summed E-state index contributed by atoms with van der Waals surface area (Å²) < 4.78 is 11.4. The molecular weight excluding hydrogens is 349 g/mol. The molecule has 0 bridgehead atoms. The quantitative estimate of drug-likeness (QED) is 0.768. The maximum atomic E-state index is 11.8. The maximum Gasteiger partial charge on any atom is 0.323 e.